The van der Waals surface area contributed by atoms with Crippen molar-refractivity contribution in [3.05, 3.63) is 131 Å². The fourth-order valence-corrected chi connectivity index (χ4v) is 6.57. The Morgan fingerprint density at radius 3 is 2.05 bits per heavy atom. The Kier molecular flexibility index (Phi) is 10.6. The van der Waals surface area contributed by atoms with Crippen LogP contribution in [0.25, 0.3) is 0 Å². The molecule has 43 heavy (non-hydrogen) atoms. The van der Waals surface area contributed by atoms with Gasteiger partial charge >= 0.3 is 0 Å². The van der Waals surface area contributed by atoms with Gasteiger partial charge in [-0.25, -0.2) is 8.42 Å². The molecule has 0 radical (unpaired) electrons. The van der Waals surface area contributed by atoms with Crippen molar-refractivity contribution in [2.75, 3.05) is 10.8 Å². The van der Waals surface area contributed by atoms with Gasteiger partial charge in [0.25, 0.3) is 10.0 Å². The van der Waals surface area contributed by atoms with Crippen LogP contribution < -0.4 is 9.62 Å². The van der Waals surface area contributed by atoms with Crippen LogP contribution in [0.3, 0.4) is 0 Å². The van der Waals surface area contributed by atoms with Crippen molar-refractivity contribution in [3.8, 4) is 0 Å². The smallest absolute Gasteiger partial charge is 0.264 e. The molecular weight excluding hydrogens is 582 g/mol. The molecule has 9 heteroatoms. The van der Waals surface area contributed by atoms with E-state index in [2.05, 4.69) is 5.32 Å². The third kappa shape index (κ3) is 8.24. The second kappa shape index (κ2) is 14.4. The number of aryl methyl sites for hydroxylation is 1. The molecule has 0 saturated heterocycles. The van der Waals surface area contributed by atoms with Crippen LogP contribution in [-0.4, -0.2) is 43.8 Å². The van der Waals surface area contributed by atoms with Crippen molar-refractivity contribution in [2.24, 2.45) is 0 Å². The molecule has 0 bridgehead atoms. The quantitative estimate of drug-likeness (QED) is 0.211. The van der Waals surface area contributed by atoms with Crippen molar-refractivity contribution in [3.63, 3.8) is 0 Å². The summed E-state index contributed by atoms with van der Waals surface area (Å²) in [6, 6.07) is 30.5. The number of hydrogen-bond acceptors (Lipinski definition) is 4. The average Bonchev–Trinajstić information content (AvgIpc) is 2.98. The lowest BCUT2D eigenvalue weighted by Gasteiger charge is -2.34. The Hall–Kier alpha value is -4.14. The summed E-state index contributed by atoms with van der Waals surface area (Å²) in [5.74, 6) is -0.865. The fourth-order valence-electron chi connectivity index (χ4n) is 4.83. The van der Waals surface area contributed by atoms with Gasteiger partial charge in [0.2, 0.25) is 11.8 Å². The summed E-state index contributed by atoms with van der Waals surface area (Å²) in [4.78, 5) is 29.7. The van der Waals surface area contributed by atoms with Crippen LogP contribution in [0.5, 0.6) is 0 Å². The maximum Gasteiger partial charge on any atom is 0.264 e. The summed E-state index contributed by atoms with van der Waals surface area (Å²) in [7, 11) is -4.21. The van der Waals surface area contributed by atoms with E-state index in [0.29, 0.717) is 0 Å². The zero-order chi connectivity index (χ0) is 31.0. The second-order valence-corrected chi connectivity index (χ2v) is 12.9. The summed E-state index contributed by atoms with van der Waals surface area (Å²) in [5, 5.41) is 3.14. The maximum absolute atomic E-state index is 14.4. The van der Waals surface area contributed by atoms with Crippen LogP contribution in [0.2, 0.25) is 5.02 Å². The molecule has 0 aliphatic heterocycles. The molecule has 4 aromatic carbocycles. The van der Waals surface area contributed by atoms with Gasteiger partial charge in [-0.1, -0.05) is 102 Å². The van der Waals surface area contributed by atoms with E-state index in [-0.39, 0.29) is 40.5 Å². The van der Waals surface area contributed by atoms with Crippen molar-refractivity contribution >= 4 is 39.1 Å². The molecule has 0 saturated carbocycles. The minimum Gasteiger partial charge on any atom is -0.352 e. The third-order valence-electron chi connectivity index (χ3n) is 6.87. The van der Waals surface area contributed by atoms with E-state index in [1.54, 1.807) is 42.5 Å². The number of nitrogens with one attached hydrogen (secondary N) is 1. The molecule has 1 atom stereocenters. The van der Waals surface area contributed by atoms with Crippen molar-refractivity contribution in [2.45, 2.75) is 50.7 Å². The van der Waals surface area contributed by atoms with Crippen LogP contribution in [0, 0.1) is 6.92 Å². The second-order valence-electron chi connectivity index (χ2n) is 10.7. The summed E-state index contributed by atoms with van der Waals surface area (Å²) in [6.07, 6.45) is 0.245. The Labute approximate surface area is 259 Å². The van der Waals surface area contributed by atoms with E-state index in [0.717, 1.165) is 21.0 Å². The van der Waals surface area contributed by atoms with Crippen LogP contribution in [-0.2, 0) is 32.6 Å². The molecule has 7 nitrogen and oxygen atoms in total. The van der Waals surface area contributed by atoms with Crippen molar-refractivity contribution in [1.82, 2.24) is 10.2 Å². The SMILES string of the molecule is Cc1cccc(CN(C(=O)CN(c2ccccc2Cl)S(=O)(=O)c2ccccc2)[C@H](Cc2ccccc2)C(=O)NC(C)C)c1. The number of para-hydroxylation sites is 1. The number of carbonyl (C=O) groups excluding carboxylic acids is 2. The molecule has 0 heterocycles. The van der Waals surface area contributed by atoms with Crippen LogP contribution in [0.4, 0.5) is 5.69 Å². The van der Waals surface area contributed by atoms with Gasteiger partial charge < -0.3 is 10.2 Å². The number of carbonyl (C=O) groups is 2. The lowest BCUT2D eigenvalue weighted by molar-refractivity contribution is -0.140. The van der Waals surface area contributed by atoms with Crippen LogP contribution in [0.15, 0.2) is 114 Å². The molecule has 0 aliphatic carbocycles. The van der Waals surface area contributed by atoms with Gasteiger partial charge in [-0.2, -0.15) is 0 Å². The lowest BCUT2D eigenvalue weighted by Crippen LogP contribution is -2.54. The highest BCUT2D eigenvalue weighted by Crippen LogP contribution is 2.31. The van der Waals surface area contributed by atoms with E-state index in [1.807, 2.05) is 75.4 Å². The summed E-state index contributed by atoms with van der Waals surface area (Å²) >= 11 is 6.51. The first kappa shape index (κ1) is 31.8. The van der Waals surface area contributed by atoms with Gasteiger partial charge in [-0.3, -0.25) is 13.9 Å². The van der Waals surface area contributed by atoms with E-state index in [4.69, 9.17) is 11.6 Å². The average molecular weight is 618 g/mol. The number of amides is 2. The third-order valence-corrected chi connectivity index (χ3v) is 8.96. The van der Waals surface area contributed by atoms with E-state index < -0.39 is 28.5 Å². The lowest BCUT2D eigenvalue weighted by atomic mass is 10.0. The number of hydrogen-bond donors (Lipinski definition) is 1. The molecule has 4 aromatic rings. The van der Waals surface area contributed by atoms with Gasteiger partial charge in [-0.15, -0.1) is 0 Å². The summed E-state index contributed by atoms with van der Waals surface area (Å²) < 4.78 is 29.0. The minimum absolute atomic E-state index is 0.0198. The van der Waals surface area contributed by atoms with Gasteiger partial charge in [0.15, 0.2) is 0 Å². The first-order chi connectivity index (χ1) is 20.6. The first-order valence-corrected chi connectivity index (χ1v) is 15.9. The molecule has 224 valence electrons. The Morgan fingerprint density at radius 2 is 1.42 bits per heavy atom. The summed E-state index contributed by atoms with van der Waals surface area (Å²) in [6.45, 7) is 5.21. The molecule has 0 fully saturated rings. The first-order valence-electron chi connectivity index (χ1n) is 14.1. The number of benzene rings is 4. The number of halogens is 1. The zero-order valence-corrected chi connectivity index (χ0v) is 26.1. The molecule has 0 aromatic heterocycles. The molecule has 2 amide bonds. The highest BCUT2D eigenvalue weighted by atomic mass is 35.5. The summed E-state index contributed by atoms with van der Waals surface area (Å²) in [5.41, 5.74) is 2.86. The van der Waals surface area contributed by atoms with Crippen LogP contribution in [0.1, 0.15) is 30.5 Å². The molecule has 0 spiro atoms. The Balaban J connectivity index is 1.81. The minimum atomic E-state index is -4.21. The van der Waals surface area contributed by atoms with Gasteiger partial charge in [0.05, 0.1) is 15.6 Å². The Morgan fingerprint density at radius 1 is 0.814 bits per heavy atom. The fraction of sp³-hybridized carbons (Fsp3) is 0.235. The highest BCUT2D eigenvalue weighted by molar-refractivity contribution is 7.92. The van der Waals surface area contributed by atoms with E-state index in [1.165, 1.54) is 17.0 Å². The predicted molar refractivity (Wildman–Crippen MR) is 171 cm³/mol. The van der Waals surface area contributed by atoms with E-state index >= 15 is 0 Å². The number of sulfonamides is 1. The standard InChI is InChI=1S/C34H36ClN3O4S/c1-25(2)36-34(40)32(22-27-14-6-4-7-15-27)37(23-28-16-12-13-26(3)21-28)33(39)24-38(31-20-11-10-19-30(31)35)43(41,42)29-17-8-5-9-18-29/h4-21,25,32H,22-24H2,1-3H3,(H,36,40)/t32-/m1/s1. The van der Waals surface area contributed by atoms with Gasteiger partial charge in [0, 0.05) is 19.0 Å². The van der Waals surface area contributed by atoms with Crippen molar-refractivity contribution in [1.29, 1.82) is 0 Å². The molecule has 4 rings (SSSR count). The topological polar surface area (TPSA) is 86.8 Å². The predicted octanol–water partition coefficient (Wildman–Crippen LogP) is 6.01. The molecule has 0 unspecified atom stereocenters. The van der Waals surface area contributed by atoms with E-state index in [9.17, 15) is 18.0 Å². The van der Waals surface area contributed by atoms with Crippen LogP contribution >= 0.6 is 11.6 Å². The molecule has 0 aliphatic rings. The Bertz CT molecular complexity index is 1650. The number of nitrogens with zero attached hydrogens (tertiary/aromatic N) is 2. The van der Waals surface area contributed by atoms with Gasteiger partial charge in [-0.05, 0) is 56.2 Å². The molecule has 1 N–H and O–H groups in total. The number of anilines is 1. The van der Waals surface area contributed by atoms with Crippen molar-refractivity contribution < 1.29 is 18.0 Å². The monoisotopic (exact) mass is 617 g/mol. The van der Waals surface area contributed by atoms with Gasteiger partial charge in [0.1, 0.15) is 12.6 Å². The zero-order valence-electron chi connectivity index (χ0n) is 24.5. The number of rotatable bonds is 12. The molecular formula is C34H36ClN3O4S. The highest BCUT2D eigenvalue weighted by Gasteiger charge is 2.35. The largest absolute Gasteiger partial charge is 0.352 e. The maximum atomic E-state index is 14.4. The normalized spacial score (nSPS) is 12.0.